The Bertz CT molecular complexity index is 356. The summed E-state index contributed by atoms with van der Waals surface area (Å²) in [6.45, 7) is 2.42. The molecule has 2 rings (SSSR count). The molecule has 1 aliphatic rings. The van der Waals surface area contributed by atoms with Gasteiger partial charge in [-0.1, -0.05) is 0 Å². The third-order valence-corrected chi connectivity index (χ3v) is 3.11. The Morgan fingerprint density at radius 2 is 2.50 bits per heavy atom. The first-order chi connectivity index (χ1) is 7.75. The molecule has 3 nitrogen and oxygen atoms in total. The molecule has 1 N–H and O–H groups in total. The van der Waals surface area contributed by atoms with Crippen molar-refractivity contribution in [3.8, 4) is 0 Å². The lowest BCUT2D eigenvalue weighted by molar-refractivity contribution is 0.185. The van der Waals surface area contributed by atoms with E-state index in [9.17, 15) is 4.39 Å². The van der Waals surface area contributed by atoms with Crippen LogP contribution in [0.3, 0.4) is 0 Å². The van der Waals surface area contributed by atoms with Crippen LogP contribution in [0.5, 0.6) is 0 Å². The van der Waals surface area contributed by atoms with E-state index in [4.69, 9.17) is 4.74 Å². The molecule has 1 unspecified atom stereocenters. The summed E-state index contributed by atoms with van der Waals surface area (Å²) < 4.78 is 19.3. The van der Waals surface area contributed by atoms with E-state index in [0.717, 1.165) is 32.6 Å². The summed E-state index contributed by atoms with van der Waals surface area (Å²) in [6, 6.07) is 1.41. The van der Waals surface area contributed by atoms with Crippen molar-refractivity contribution in [3.05, 3.63) is 22.6 Å². The predicted molar refractivity (Wildman–Crippen MR) is 63.9 cm³/mol. The van der Waals surface area contributed by atoms with Gasteiger partial charge in [-0.3, -0.25) is 0 Å². The molecule has 1 saturated heterocycles. The first kappa shape index (κ1) is 11.8. The molecule has 0 saturated carbocycles. The van der Waals surface area contributed by atoms with Crippen molar-refractivity contribution in [1.29, 1.82) is 0 Å². The highest BCUT2D eigenvalue weighted by Crippen LogP contribution is 2.18. The van der Waals surface area contributed by atoms with E-state index in [1.54, 1.807) is 6.20 Å². The maximum atomic E-state index is 13.4. The molecule has 5 heteroatoms. The maximum Gasteiger partial charge on any atom is 0.166 e. The maximum absolute atomic E-state index is 13.4. The molecule has 0 amide bonds. The number of nitrogens with one attached hydrogen (secondary N) is 1. The molecule has 0 radical (unpaired) electrons. The van der Waals surface area contributed by atoms with Gasteiger partial charge in [0.05, 0.1) is 0 Å². The van der Waals surface area contributed by atoms with E-state index in [1.807, 2.05) is 0 Å². The topological polar surface area (TPSA) is 34.2 Å². The lowest BCUT2D eigenvalue weighted by Crippen LogP contribution is -2.10. The first-order valence-electron chi connectivity index (χ1n) is 5.38. The summed E-state index contributed by atoms with van der Waals surface area (Å²) in [7, 11) is 0. The Balaban J connectivity index is 1.80. The third-order valence-electron chi connectivity index (χ3n) is 2.68. The fourth-order valence-electron chi connectivity index (χ4n) is 1.75. The zero-order chi connectivity index (χ0) is 11.4. The number of hydrogen-bond donors (Lipinski definition) is 1. The number of halogens is 2. The van der Waals surface area contributed by atoms with E-state index >= 15 is 0 Å². The van der Waals surface area contributed by atoms with Crippen molar-refractivity contribution in [2.45, 2.75) is 12.8 Å². The number of aromatic nitrogens is 1. The Hall–Kier alpha value is -0.680. The molecule has 16 heavy (non-hydrogen) atoms. The third kappa shape index (κ3) is 3.15. The van der Waals surface area contributed by atoms with Gasteiger partial charge in [0.1, 0.15) is 0 Å². The smallest absolute Gasteiger partial charge is 0.166 e. The van der Waals surface area contributed by atoms with Gasteiger partial charge < -0.3 is 10.1 Å². The minimum Gasteiger partial charge on any atom is -0.381 e. The second-order valence-corrected chi connectivity index (χ2v) is 4.84. The molecule has 1 atom stereocenters. The van der Waals surface area contributed by atoms with Crippen LogP contribution in [0.4, 0.5) is 10.2 Å². The molecule has 0 aromatic carbocycles. The average molecular weight is 289 g/mol. The predicted octanol–water partition coefficient (Wildman–Crippen LogP) is 2.82. The van der Waals surface area contributed by atoms with E-state index in [2.05, 4.69) is 26.2 Å². The van der Waals surface area contributed by atoms with Crippen molar-refractivity contribution < 1.29 is 9.13 Å². The van der Waals surface area contributed by atoms with Gasteiger partial charge in [-0.15, -0.1) is 0 Å². The second kappa shape index (κ2) is 5.59. The molecule has 2 heterocycles. The highest BCUT2D eigenvalue weighted by Gasteiger charge is 2.15. The Labute approximate surface area is 103 Å². The first-order valence-corrected chi connectivity index (χ1v) is 6.17. The number of hydrogen-bond acceptors (Lipinski definition) is 3. The van der Waals surface area contributed by atoms with Gasteiger partial charge in [0.25, 0.3) is 0 Å². The lowest BCUT2D eigenvalue weighted by atomic mass is 10.1. The van der Waals surface area contributed by atoms with Crippen LogP contribution in [0.1, 0.15) is 12.8 Å². The van der Waals surface area contributed by atoms with Gasteiger partial charge in [0, 0.05) is 30.4 Å². The standard InChI is InChI=1S/C11H14BrFN2O/c12-9-5-10(13)11(15-6-9)14-3-1-8-2-4-16-7-8/h5-6,8H,1-4,7H2,(H,14,15). The summed E-state index contributed by atoms with van der Waals surface area (Å²) in [4.78, 5) is 3.98. The Morgan fingerprint density at radius 3 is 3.19 bits per heavy atom. The quantitative estimate of drug-likeness (QED) is 0.925. The second-order valence-electron chi connectivity index (χ2n) is 3.93. The van der Waals surface area contributed by atoms with Gasteiger partial charge in [-0.25, -0.2) is 9.37 Å². The van der Waals surface area contributed by atoms with Gasteiger partial charge in [0.15, 0.2) is 11.6 Å². The van der Waals surface area contributed by atoms with Crippen molar-refractivity contribution in [3.63, 3.8) is 0 Å². The van der Waals surface area contributed by atoms with E-state index < -0.39 is 0 Å². The molecular formula is C11H14BrFN2O. The van der Waals surface area contributed by atoms with Crippen LogP contribution in [0, 0.1) is 11.7 Å². The van der Waals surface area contributed by atoms with Crippen LogP contribution in [-0.4, -0.2) is 24.7 Å². The molecule has 1 aromatic rings. The van der Waals surface area contributed by atoms with Crippen LogP contribution in [-0.2, 0) is 4.74 Å². The van der Waals surface area contributed by atoms with Crippen LogP contribution >= 0.6 is 15.9 Å². The molecule has 88 valence electrons. The number of anilines is 1. The summed E-state index contributed by atoms with van der Waals surface area (Å²) in [6.07, 6.45) is 3.69. The zero-order valence-electron chi connectivity index (χ0n) is 8.88. The highest BCUT2D eigenvalue weighted by atomic mass is 79.9. The number of nitrogens with zero attached hydrogens (tertiary/aromatic N) is 1. The number of rotatable bonds is 4. The van der Waals surface area contributed by atoms with Crippen molar-refractivity contribution in [2.24, 2.45) is 5.92 Å². The van der Waals surface area contributed by atoms with Gasteiger partial charge in [-0.2, -0.15) is 0 Å². The van der Waals surface area contributed by atoms with Crippen LogP contribution in [0.2, 0.25) is 0 Å². The zero-order valence-corrected chi connectivity index (χ0v) is 10.5. The van der Waals surface area contributed by atoms with Crippen molar-refractivity contribution in [2.75, 3.05) is 25.1 Å². The van der Waals surface area contributed by atoms with Crippen molar-refractivity contribution >= 4 is 21.7 Å². The minimum atomic E-state index is -0.322. The summed E-state index contributed by atoms with van der Waals surface area (Å²) in [5.74, 6) is 0.602. The molecular weight excluding hydrogens is 275 g/mol. The summed E-state index contributed by atoms with van der Waals surface area (Å²) in [5, 5.41) is 3.00. The van der Waals surface area contributed by atoms with Crippen LogP contribution in [0.25, 0.3) is 0 Å². The fraction of sp³-hybridized carbons (Fsp3) is 0.545. The number of pyridine rings is 1. The Kier molecular flexibility index (Phi) is 4.12. The molecule has 1 aromatic heterocycles. The molecule has 0 bridgehead atoms. The highest BCUT2D eigenvalue weighted by molar-refractivity contribution is 9.10. The fourth-order valence-corrected chi connectivity index (χ4v) is 2.05. The largest absolute Gasteiger partial charge is 0.381 e. The Morgan fingerprint density at radius 1 is 1.62 bits per heavy atom. The van der Waals surface area contributed by atoms with Crippen molar-refractivity contribution in [1.82, 2.24) is 4.98 Å². The monoisotopic (exact) mass is 288 g/mol. The molecule has 1 aliphatic heterocycles. The van der Waals surface area contributed by atoms with Gasteiger partial charge in [0.2, 0.25) is 0 Å². The average Bonchev–Trinajstić information content (AvgIpc) is 2.74. The summed E-state index contributed by atoms with van der Waals surface area (Å²) in [5.41, 5.74) is 0. The van der Waals surface area contributed by atoms with Gasteiger partial charge in [-0.05, 0) is 40.8 Å². The summed E-state index contributed by atoms with van der Waals surface area (Å²) >= 11 is 3.17. The minimum absolute atomic E-state index is 0.321. The molecule has 0 spiro atoms. The van der Waals surface area contributed by atoms with Crippen LogP contribution < -0.4 is 5.32 Å². The van der Waals surface area contributed by atoms with Crippen LogP contribution in [0.15, 0.2) is 16.7 Å². The molecule has 1 fully saturated rings. The van der Waals surface area contributed by atoms with E-state index in [1.165, 1.54) is 6.07 Å². The number of ether oxygens (including phenoxy) is 1. The van der Waals surface area contributed by atoms with E-state index in [-0.39, 0.29) is 5.82 Å². The lowest BCUT2D eigenvalue weighted by Gasteiger charge is -2.09. The SMILES string of the molecule is Fc1cc(Br)cnc1NCCC1CCOC1. The van der Waals surface area contributed by atoms with Gasteiger partial charge >= 0.3 is 0 Å². The molecule has 0 aliphatic carbocycles. The normalized spacial score (nSPS) is 20.0. The van der Waals surface area contributed by atoms with E-state index in [0.29, 0.717) is 16.2 Å².